The van der Waals surface area contributed by atoms with E-state index in [1.807, 2.05) is 87.6 Å². The molecular formula is C28H33I2NO4. The number of amides is 1. The Morgan fingerprint density at radius 1 is 0.829 bits per heavy atom. The number of ether oxygens (including phenoxy) is 2. The maximum Gasteiger partial charge on any atom is 0.338 e. The van der Waals surface area contributed by atoms with E-state index in [0.29, 0.717) is 30.7 Å². The maximum absolute atomic E-state index is 12.4. The van der Waals surface area contributed by atoms with Gasteiger partial charge >= 0.3 is 5.97 Å². The lowest BCUT2D eigenvalue weighted by Crippen LogP contribution is -2.26. The van der Waals surface area contributed by atoms with Gasteiger partial charge in [-0.15, -0.1) is 0 Å². The number of hydrogen-bond donors (Lipinski definition) is 0. The van der Waals surface area contributed by atoms with Gasteiger partial charge in [-0.3, -0.25) is 4.79 Å². The quantitative estimate of drug-likeness (QED) is 0.172. The number of methoxy groups -OCH3 is 1. The normalized spacial score (nSPS) is 9.54. The zero-order valence-electron chi connectivity index (χ0n) is 20.7. The highest BCUT2D eigenvalue weighted by Crippen LogP contribution is 2.18. The lowest BCUT2D eigenvalue weighted by molar-refractivity contribution is -0.130. The van der Waals surface area contributed by atoms with Gasteiger partial charge in [0, 0.05) is 62.8 Å². The van der Waals surface area contributed by atoms with E-state index in [0.717, 1.165) is 16.7 Å². The summed E-state index contributed by atoms with van der Waals surface area (Å²) in [4.78, 5) is 26.0. The van der Waals surface area contributed by atoms with E-state index < -0.39 is 0 Å². The van der Waals surface area contributed by atoms with Crippen molar-refractivity contribution in [2.75, 3.05) is 14.2 Å². The van der Waals surface area contributed by atoms with Gasteiger partial charge in [0.15, 0.2) is 0 Å². The highest BCUT2D eigenvalue weighted by molar-refractivity contribution is 15.0. The molecule has 1 amide bonds. The van der Waals surface area contributed by atoms with Gasteiger partial charge in [0.05, 0.1) is 12.7 Å². The van der Waals surface area contributed by atoms with Gasteiger partial charge in [0.25, 0.3) is 0 Å². The minimum absolute atomic E-state index is 0.114. The van der Waals surface area contributed by atoms with E-state index in [4.69, 9.17) is 9.47 Å². The van der Waals surface area contributed by atoms with Crippen molar-refractivity contribution in [3.05, 3.63) is 101 Å². The summed E-state index contributed by atoms with van der Waals surface area (Å²) in [5.74, 6) is 0.441. The summed E-state index contributed by atoms with van der Waals surface area (Å²) in [7, 11) is 3.20. The first-order valence-electron chi connectivity index (χ1n) is 11.4. The molecule has 0 heterocycles. The van der Waals surface area contributed by atoms with Crippen LogP contribution in [0.2, 0.25) is 0 Å². The van der Waals surface area contributed by atoms with Crippen LogP contribution in [0.1, 0.15) is 47.3 Å². The highest BCUT2D eigenvalue weighted by atomic mass is 128. The minimum atomic E-state index is -0.378. The molecule has 35 heavy (non-hydrogen) atoms. The predicted molar refractivity (Wildman–Crippen MR) is 159 cm³/mol. The third kappa shape index (κ3) is 11.0. The number of carbonyl (C=O) groups excluding carboxylic acids is 2. The molecule has 0 aromatic heterocycles. The minimum Gasteiger partial charge on any atom is -0.489 e. The van der Waals surface area contributed by atoms with Crippen molar-refractivity contribution in [1.82, 2.24) is 4.90 Å². The van der Waals surface area contributed by atoms with Crippen LogP contribution < -0.4 is 4.74 Å². The fraction of sp³-hybridized carbons (Fsp3) is 0.286. The first-order valence-corrected chi connectivity index (χ1v) is 17.7. The number of benzene rings is 3. The smallest absolute Gasteiger partial charge is 0.338 e. The summed E-state index contributed by atoms with van der Waals surface area (Å²) in [5, 5.41) is 0. The number of esters is 1. The van der Waals surface area contributed by atoms with Gasteiger partial charge in [0.2, 0.25) is 5.91 Å². The Kier molecular flexibility index (Phi) is 16.0. The molecule has 0 atom stereocenters. The van der Waals surface area contributed by atoms with Crippen molar-refractivity contribution in [2.24, 2.45) is 0 Å². The molecule has 3 rings (SSSR count). The van der Waals surface area contributed by atoms with Crippen molar-refractivity contribution in [2.45, 2.75) is 39.8 Å². The Balaban J connectivity index is 0.00000145. The molecule has 7 heteroatoms. The molecule has 0 saturated heterocycles. The van der Waals surface area contributed by atoms with Crippen molar-refractivity contribution >= 4 is 49.1 Å². The van der Waals surface area contributed by atoms with Crippen molar-refractivity contribution in [1.29, 1.82) is 0 Å². The fourth-order valence-corrected chi connectivity index (χ4v) is 3.26. The number of carbonyl (C=O) groups is 2. The first kappa shape index (κ1) is 30.9. The number of hydrogen-bond acceptors (Lipinski definition) is 4. The SMILES string of the molecule is CC.COC(=O)c1ccccc1COc1ccc(CCC(=O)N(C)Cc2ccccc2)cc1.II. The Morgan fingerprint density at radius 3 is 2.06 bits per heavy atom. The largest absolute Gasteiger partial charge is 0.489 e. The molecule has 5 nitrogen and oxygen atoms in total. The molecule has 3 aromatic rings. The van der Waals surface area contributed by atoms with Crippen LogP contribution in [0.25, 0.3) is 0 Å². The van der Waals surface area contributed by atoms with E-state index >= 15 is 0 Å². The first-order chi connectivity index (χ1) is 17.1. The number of nitrogens with zero attached hydrogens (tertiary/aromatic N) is 1. The lowest BCUT2D eigenvalue weighted by Gasteiger charge is -2.17. The molecular weight excluding hydrogens is 668 g/mol. The zero-order valence-corrected chi connectivity index (χ0v) is 25.0. The summed E-state index contributed by atoms with van der Waals surface area (Å²) in [6.45, 7) is 4.88. The average molecular weight is 701 g/mol. The van der Waals surface area contributed by atoms with Gasteiger partial charge in [-0.2, -0.15) is 0 Å². The summed E-state index contributed by atoms with van der Waals surface area (Å²) in [6.07, 6.45) is 1.12. The molecule has 188 valence electrons. The van der Waals surface area contributed by atoms with Crippen LogP contribution in [-0.4, -0.2) is 30.9 Å². The third-order valence-electron chi connectivity index (χ3n) is 5.06. The predicted octanol–water partition coefficient (Wildman–Crippen LogP) is 7.44. The van der Waals surface area contributed by atoms with Crippen LogP contribution in [0.3, 0.4) is 0 Å². The Bertz CT molecular complexity index is 1010. The Labute approximate surface area is 232 Å². The van der Waals surface area contributed by atoms with Crippen molar-refractivity contribution < 1.29 is 19.1 Å². The number of halogens is 2. The Morgan fingerprint density at radius 2 is 1.43 bits per heavy atom. The molecule has 0 aliphatic rings. The molecule has 0 N–H and O–H groups in total. The summed E-state index contributed by atoms with van der Waals surface area (Å²) >= 11 is 4.24. The molecule has 0 radical (unpaired) electrons. The van der Waals surface area contributed by atoms with E-state index in [2.05, 4.69) is 37.2 Å². The molecule has 0 unspecified atom stereocenters. The van der Waals surface area contributed by atoms with Crippen LogP contribution in [0.15, 0.2) is 78.9 Å². The van der Waals surface area contributed by atoms with E-state index in [1.54, 1.807) is 17.0 Å². The standard InChI is InChI=1S/C26H27NO4.C2H6.I2/c1-27(18-21-8-4-3-5-9-21)25(28)17-14-20-12-15-23(16-13-20)31-19-22-10-6-7-11-24(22)26(29)30-2;2*1-2/h3-13,15-16H,14,17-19H2,1-2H3;1-2H3;. The summed E-state index contributed by atoms with van der Waals surface area (Å²) < 4.78 is 10.6. The zero-order chi connectivity index (χ0) is 26.1. The summed E-state index contributed by atoms with van der Waals surface area (Å²) in [6, 6.07) is 24.9. The van der Waals surface area contributed by atoms with Crippen LogP contribution in [0.5, 0.6) is 5.75 Å². The van der Waals surface area contributed by atoms with Crippen LogP contribution in [0, 0.1) is 0 Å². The molecule has 0 aliphatic heterocycles. The molecule has 0 saturated carbocycles. The number of aryl methyl sites for hydroxylation is 1. The second-order valence-corrected chi connectivity index (χ2v) is 7.32. The van der Waals surface area contributed by atoms with Crippen molar-refractivity contribution in [3.63, 3.8) is 0 Å². The third-order valence-corrected chi connectivity index (χ3v) is 5.06. The van der Waals surface area contributed by atoms with Gasteiger partial charge in [-0.25, -0.2) is 4.79 Å². The maximum atomic E-state index is 12.4. The van der Waals surface area contributed by atoms with E-state index in [-0.39, 0.29) is 18.5 Å². The van der Waals surface area contributed by atoms with Gasteiger partial charge < -0.3 is 14.4 Å². The second kappa shape index (κ2) is 18.2. The van der Waals surface area contributed by atoms with Crippen LogP contribution in [0.4, 0.5) is 0 Å². The van der Waals surface area contributed by atoms with Crippen LogP contribution in [-0.2, 0) is 29.1 Å². The fourth-order valence-electron chi connectivity index (χ4n) is 3.26. The summed E-state index contributed by atoms with van der Waals surface area (Å²) in [5.41, 5.74) is 3.46. The molecule has 0 aliphatic carbocycles. The van der Waals surface area contributed by atoms with Gasteiger partial charge in [-0.05, 0) is 35.7 Å². The second-order valence-electron chi connectivity index (χ2n) is 7.32. The van der Waals surface area contributed by atoms with Gasteiger partial charge in [0.1, 0.15) is 12.4 Å². The molecule has 0 bridgehead atoms. The number of rotatable bonds is 9. The molecule has 3 aromatic carbocycles. The van der Waals surface area contributed by atoms with Gasteiger partial charge in [-0.1, -0.05) is 74.5 Å². The van der Waals surface area contributed by atoms with Crippen molar-refractivity contribution in [3.8, 4) is 5.75 Å². The van der Waals surface area contributed by atoms with E-state index in [9.17, 15) is 9.59 Å². The highest BCUT2D eigenvalue weighted by Gasteiger charge is 2.12. The monoisotopic (exact) mass is 701 g/mol. The average Bonchev–Trinajstić information content (AvgIpc) is 2.93. The molecule has 0 spiro atoms. The Hall–Kier alpha value is -2.14. The van der Waals surface area contributed by atoms with Crippen LogP contribution >= 0.6 is 37.2 Å². The topological polar surface area (TPSA) is 55.8 Å². The molecule has 0 fully saturated rings. The van der Waals surface area contributed by atoms with E-state index in [1.165, 1.54) is 7.11 Å². The lowest BCUT2D eigenvalue weighted by atomic mass is 10.1.